The highest BCUT2D eigenvalue weighted by atomic mass is 16.7. The average Bonchev–Trinajstić information content (AvgIpc) is 3.03. The molecule has 1 unspecified atom stereocenters. The van der Waals surface area contributed by atoms with Crippen LogP contribution in [-0.4, -0.2) is 25.7 Å². The van der Waals surface area contributed by atoms with Crippen molar-refractivity contribution in [3.05, 3.63) is 41.7 Å². The van der Waals surface area contributed by atoms with Crippen LogP contribution in [0, 0.1) is 5.92 Å². The van der Waals surface area contributed by atoms with Gasteiger partial charge < -0.3 is 19.5 Å². The number of Topliss-reactive ketones (excluding diaryl/α,β-unsaturated/α-hetero) is 1. The van der Waals surface area contributed by atoms with Crippen molar-refractivity contribution in [3.63, 3.8) is 0 Å². The number of nitrogens with one attached hydrogen (secondary N) is 1. The number of hydrogen-bond donors (Lipinski definition) is 1. The van der Waals surface area contributed by atoms with E-state index in [2.05, 4.69) is 16.6 Å². The Labute approximate surface area is 121 Å². The van der Waals surface area contributed by atoms with Gasteiger partial charge in [0.05, 0.1) is 12.8 Å². The van der Waals surface area contributed by atoms with Gasteiger partial charge in [0.25, 0.3) is 0 Å². The maximum atomic E-state index is 12.2. The number of methoxy groups -OCH3 is 1. The van der Waals surface area contributed by atoms with Crippen LogP contribution < -0.4 is 14.8 Å². The molecule has 108 valence electrons. The van der Waals surface area contributed by atoms with E-state index in [9.17, 15) is 9.59 Å². The largest absolute Gasteiger partial charge is 0.468 e. The van der Waals surface area contributed by atoms with E-state index in [1.165, 1.54) is 7.11 Å². The minimum atomic E-state index is -0.990. The Kier molecular flexibility index (Phi) is 3.13. The molecule has 2 aliphatic rings. The number of fused-ring (bicyclic) bond motifs is 1. The molecule has 1 fully saturated rings. The highest BCUT2D eigenvalue weighted by Crippen LogP contribution is 2.33. The SMILES string of the molecule is C=C1NC(=Cc2ccc3c(c2)OCO3)C(=O)C1C(=O)OC. The minimum absolute atomic E-state index is 0.188. The lowest BCUT2D eigenvalue weighted by Gasteiger charge is -2.03. The van der Waals surface area contributed by atoms with Crippen LogP contribution in [0.2, 0.25) is 0 Å². The average molecular weight is 287 g/mol. The Balaban J connectivity index is 1.89. The molecule has 0 aromatic heterocycles. The summed E-state index contributed by atoms with van der Waals surface area (Å²) < 4.78 is 15.1. The predicted molar refractivity (Wildman–Crippen MR) is 73.3 cm³/mol. The number of hydrogen-bond acceptors (Lipinski definition) is 6. The second-order valence-corrected chi connectivity index (χ2v) is 4.64. The highest BCUT2D eigenvalue weighted by Gasteiger charge is 2.39. The zero-order valence-corrected chi connectivity index (χ0v) is 11.3. The Morgan fingerprint density at radius 1 is 1.43 bits per heavy atom. The van der Waals surface area contributed by atoms with Crippen LogP contribution in [0.15, 0.2) is 36.2 Å². The fraction of sp³-hybridized carbons (Fsp3) is 0.200. The second kappa shape index (κ2) is 4.97. The van der Waals surface area contributed by atoms with Crippen LogP contribution in [0.3, 0.4) is 0 Å². The van der Waals surface area contributed by atoms with Crippen LogP contribution in [0.4, 0.5) is 0 Å². The quantitative estimate of drug-likeness (QED) is 0.501. The molecule has 0 bridgehead atoms. The summed E-state index contributed by atoms with van der Waals surface area (Å²) in [7, 11) is 1.24. The fourth-order valence-corrected chi connectivity index (χ4v) is 2.26. The predicted octanol–water partition coefficient (Wildman–Crippen LogP) is 1.23. The summed E-state index contributed by atoms with van der Waals surface area (Å²) in [5.41, 5.74) is 1.38. The van der Waals surface area contributed by atoms with Crippen molar-refractivity contribution in [1.82, 2.24) is 5.32 Å². The first-order valence-corrected chi connectivity index (χ1v) is 6.29. The summed E-state index contributed by atoms with van der Waals surface area (Å²) in [6.07, 6.45) is 1.64. The van der Waals surface area contributed by atoms with E-state index in [1.807, 2.05) is 0 Å². The van der Waals surface area contributed by atoms with Crippen molar-refractivity contribution in [2.24, 2.45) is 5.92 Å². The minimum Gasteiger partial charge on any atom is -0.468 e. The third-order valence-corrected chi connectivity index (χ3v) is 3.32. The summed E-state index contributed by atoms with van der Waals surface area (Å²) in [6.45, 7) is 3.87. The normalized spacial score (nSPS) is 21.6. The van der Waals surface area contributed by atoms with Gasteiger partial charge in [-0.3, -0.25) is 9.59 Å². The molecule has 2 aliphatic heterocycles. The van der Waals surface area contributed by atoms with E-state index in [1.54, 1.807) is 24.3 Å². The van der Waals surface area contributed by atoms with Gasteiger partial charge in [-0.15, -0.1) is 0 Å². The Bertz CT molecular complexity index is 677. The topological polar surface area (TPSA) is 73.9 Å². The van der Waals surface area contributed by atoms with Crippen LogP contribution in [0.25, 0.3) is 6.08 Å². The monoisotopic (exact) mass is 287 g/mol. The maximum absolute atomic E-state index is 12.2. The number of carbonyl (C=O) groups excluding carboxylic acids is 2. The van der Waals surface area contributed by atoms with Crippen molar-refractivity contribution in [3.8, 4) is 11.5 Å². The molecular weight excluding hydrogens is 274 g/mol. The number of ether oxygens (including phenoxy) is 3. The third-order valence-electron chi connectivity index (χ3n) is 3.32. The third kappa shape index (κ3) is 2.24. The first kappa shape index (κ1) is 13.2. The Morgan fingerprint density at radius 3 is 2.95 bits per heavy atom. The zero-order valence-electron chi connectivity index (χ0n) is 11.3. The molecule has 0 radical (unpaired) electrons. The van der Waals surface area contributed by atoms with E-state index >= 15 is 0 Å². The van der Waals surface area contributed by atoms with Gasteiger partial charge in [0, 0.05) is 5.70 Å². The number of allylic oxidation sites excluding steroid dienone is 1. The molecule has 1 aromatic rings. The second-order valence-electron chi connectivity index (χ2n) is 4.64. The van der Waals surface area contributed by atoms with Gasteiger partial charge in [-0.05, 0) is 23.8 Å². The van der Waals surface area contributed by atoms with Crippen LogP contribution in [0.5, 0.6) is 11.5 Å². The van der Waals surface area contributed by atoms with Gasteiger partial charge in [-0.2, -0.15) is 0 Å². The standard InChI is InChI=1S/C15H13NO5/c1-8-13(15(18)19-2)14(17)10(16-8)5-9-3-4-11-12(6-9)21-7-20-11/h3-6,13,16H,1,7H2,2H3. The summed E-state index contributed by atoms with van der Waals surface area (Å²) in [4.78, 5) is 23.8. The van der Waals surface area contributed by atoms with Gasteiger partial charge in [0.1, 0.15) is 0 Å². The molecule has 3 rings (SSSR count). The zero-order chi connectivity index (χ0) is 15.0. The summed E-state index contributed by atoms with van der Waals surface area (Å²) in [5, 5.41) is 2.83. The molecular formula is C15H13NO5. The first-order valence-electron chi connectivity index (χ1n) is 6.29. The van der Waals surface area contributed by atoms with E-state index in [4.69, 9.17) is 9.47 Å². The van der Waals surface area contributed by atoms with Gasteiger partial charge in [-0.1, -0.05) is 12.6 Å². The van der Waals surface area contributed by atoms with Crippen LogP contribution in [0.1, 0.15) is 5.56 Å². The Hall–Kier alpha value is -2.76. The fourth-order valence-electron chi connectivity index (χ4n) is 2.26. The van der Waals surface area contributed by atoms with E-state index in [-0.39, 0.29) is 12.6 Å². The van der Waals surface area contributed by atoms with Gasteiger partial charge in [-0.25, -0.2) is 0 Å². The first-order chi connectivity index (χ1) is 10.1. The Morgan fingerprint density at radius 2 is 2.19 bits per heavy atom. The number of carbonyl (C=O) groups is 2. The summed E-state index contributed by atoms with van der Waals surface area (Å²) >= 11 is 0. The maximum Gasteiger partial charge on any atom is 0.322 e. The lowest BCUT2D eigenvalue weighted by atomic mass is 10.0. The molecule has 1 N–H and O–H groups in total. The molecule has 0 aliphatic carbocycles. The van der Waals surface area contributed by atoms with E-state index in [0.717, 1.165) is 5.56 Å². The number of benzene rings is 1. The lowest BCUT2D eigenvalue weighted by molar-refractivity contribution is -0.146. The summed E-state index contributed by atoms with van der Waals surface area (Å²) in [5.74, 6) is -0.677. The van der Waals surface area contributed by atoms with Crippen molar-refractivity contribution in [2.45, 2.75) is 0 Å². The highest BCUT2D eigenvalue weighted by molar-refractivity contribution is 6.14. The molecule has 0 saturated carbocycles. The molecule has 1 saturated heterocycles. The number of rotatable bonds is 2. The molecule has 1 atom stereocenters. The summed E-state index contributed by atoms with van der Waals surface area (Å²) in [6, 6.07) is 5.32. The van der Waals surface area contributed by atoms with Crippen LogP contribution >= 0.6 is 0 Å². The molecule has 6 heteroatoms. The van der Waals surface area contributed by atoms with Crippen LogP contribution in [-0.2, 0) is 14.3 Å². The molecule has 0 amide bonds. The van der Waals surface area contributed by atoms with Gasteiger partial charge in [0.15, 0.2) is 23.2 Å². The van der Waals surface area contributed by atoms with E-state index in [0.29, 0.717) is 22.9 Å². The van der Waals surface area contributed by atoms with Gasteiger partial charge >= 0.3 is 5.97 Å². The number of esters is 1. The lowest BCUT2D eigenvalue weighted by Crippen LogP contribution is -2.21. The van der Waals surface area contributed by atoms with Crippen molar-refractivity contribution in [1.29, 1.82) is 0 Å². The van der Waals surface area contributed by atoms with Gasteiger partial charge in [0.2, 0.25) is 6.79 Å². The molecule has 21 heavy (non-hydrogen) atoms. The molecule has 2 heterocycles. The van der Waals surface area contributed by atoms with Crippen molar-refractivity contribution < 1.29 is 23.8 Å². The van der Waals surface area contributed by atoms with E-state index < -0.39 is 11.9 Å². The van der Waals surface area contributed by atoms with Crippen molar-refractivity contribution >= 4 is 17.8 Å². The number of ketones is 1. The van der Waals surface area contributed by atoms with Crippen molar-refractivity contribution in [2.75, 3.05) is 13.9 Å². The molecule has 1 aromatic carbocycles. The molecule has 0 spiro atoms. The molecule has 6 nitrogen and oxygen atoms in total. The smallest absolute Gasteiger partial charge is 0.322 e.